The normalized spacial score (nSPS) is 23.5. The minimum atomic E-state index is -0.880. The molecule has 2 N–H and O–H groups in total. The van der Waals surface area contributed by atoms with Gasteiger partial charge in [-0.05, 0) is 24.6 Å². The molecule has 2 atom stereocenters. The van der Waals surface area contributed by atoms with E-state index in [0.29, 0.717) is 23.5 Å². The summed E-state index contributed by atoms with van der Waals surface area (Å²) in [5.41, 5.74) is -0.289. The van der Waals surface area contributed by atoms with Crippen LogP contribution in [0.3, 0.4) is 0 Å². The van der Waals surface area contributed by atoms with E-state index in [2.05, 4.69) is 5.32 Å². The number of carbonyl (C=O) groups is 1. The van der Waals surface area contributed by atoms with E-state index in [4.69, 9.17) is 0 Å². The van der Waals surface area contributed by atoms with Crippen LogP contribution in [0.5, 0.6) is 0 Å². The summed E-state index contributed by atoms with van der Waals surface area (Å²) < 4.78 is 25.8. The summed E-state index contributed by atoms with van der Waals surface area (Å²) in [4.78, 5) is 12.4. The Bertz CT molecular complexity index is 536. The van der Waals surface area contributed by atoms with Crippen LogP contribution in [0.4, 0.5) is 8.78 Å². The Morgan fingerprint density at radius 1 is 1.43 bits per heavy atom. The lowest BCUT2D eigenvalue weighted by Gasteiger charge is -2.49. The number of halogens is 2. The molecule has 0 heterocycles. The zero-order valence-corrected chi connectivity index (χ0v) is 12.8. The third-order valence-corrected chi connectivity index (χ3v) is 5.04. The van der Waals surface area contributed by atoms with Crippen LogP contribution in [0, 0.1) is 17.0 Å². The lowest BCUT2D eigenvalue weighted by Crippen LogP contribution is -2.61. The van der Waals surface area contributed by atoms with Crippen molar-refractivity contribution in [1.29, 1.82) is 0 Å². The molecule has 0 aliphatic heterocycles. The molecular weight excluding hydrogens is 296 g/mol. The Labute approximate surface area is 127 Å². The van der Waals surface area contributed by atoms with Crippen molar-refractivity contribution in [2.45, 2.75) is 43.7 Å². The van der Waals surface area contributed by atoms with Crippen molar-refractivity contribution in [2.24, 2.45) is 5.41 Å². The van der Waals surface area contributed by atoms with Crippen LogP contribution in [-0.4, -0.2) is 28.9 Å². The predicted molar refractivity (Wildman–Crippen MR) is 78.0 cm³/mol. The molecule has 2 rings (SSSR count). The van der Waals surface area contributed by atoms with Crippen LogP contribution in [0.15, 0.2) is 23.1 Å². The van der Waals surface area contributed by atoms with E-state index < -0.39 is 11.6 Å². The number of hydrogen-bond donors (Lipinski definition) is 2. The zero-order chi connectivity index (χ0) is 15.6. The summed E-state index contributed by atoms with van der Waals surface area (Å²) in [5, 5.41) is 12.5. The summed E-state index contributed by atoms with van der Waals surface area (Å²) in [7, 11) is 0. The molecule has 21 heavy (non-hydrogen) atoms. The van der Waals surface area contributed by atoms with Gasteiger partial charge in [0.1, 0.15) is 0 Å². The predicted octanol–water partition coefficient (Wildman–Crippen LogP) is 2.72. The SMILES string of the molecule is CC1(C)C(O)CC1NC(=O)CCSc1ccc(F)c(F)c1. The van der Waals surface area contributed by atoms with Gasteiger partial charge in [-0.1, -0.05) is 13.8 Å². The zero-order valence-electron chi connectivity index (χ0n) is 12.0. The Balaban J connectivity index is 1.73. The third-order valence-electron chi connectivity index (χ3n) is 4.04. The highest BCUT2D eigenvalue weighted by Crippen LogP contribution is 2.40. The second-order valence-corrected chi connectivity index (χ2v) is 7.04. The Morgan fingerprint density at radius 3 is 2.71 bits per heavy atom. The number of aliphatic hydroxyl groups is 1. The number of amides is 1. The van der Waals surface area contributed by atoms with Crippen molar-refractivity contribution in [1.82, 2.24) is 5.32 Å². The van der Waals surface area contributed by atoms with E-state index in [1.54, 1.807) is 0 Å². The number of hydrogen-bond acceptors (Lipinski definition) is 3. The first kappa shape index (κ1) is 16.2. The van der Waals surface area contributed by atoms with Crippen molar-refractivity contribution in [3.63, 3.8) is 0 Å². The molecule has 0 radical (unpaired) electrons. The van der Waals surface area contributed by atoms with Gasteiger partial charge in [0.15, 0.2) is 11.6 Å². The van der Waals surface area contributed by atoms with E-state index in [9.17, 15) is 18.7 Å². The van der Waals surface area contributed by atoms with Crippen molar-refractivity contribution in [2.75, 3.05) is 5.75 Å². The molecular formula is C15H19F2NO2S. The molecule has 3 nitrogen and oxygen atoms in total. The van der Waals surface area contributed by atoms with Crippen LogP contribution in [0.1, 0.15) is 26.7 Å². The van der Waals surface area contributed by atoms with E-state index >= 15 is 0 Å². The third kappa shape index (κ3) is 3.74. The average Bonchev–Trinajstić information content (AvgIpc) is 2.42. The molecule has 0 aromatic heterocycles. The van der Waals surface area contributed by atoms with E-state index in [1.807, 2.05) is 13.8 Å². The van der Waals surface area contributed by atoms with Crippen LogP contribution in [-0.2, 0) is 4.79 Å². The number of thioether (sulfide) groups is 1. The molecule has 0 saturated heterocycles. The van der Waals surface area contributed by atoms with Crippen molar-refractivity contribution < 1.29 is 18.7 Å². The minimum Gasteiger partial charge on any atom is -0.392 e. The molecule has 6 heteroatoms. The summed E-state index contributed by atoms with van der Waals surface area (Å²) in [6, 6.07) is 3.69. The topological polar surface area (TPSA) is 49.3 Å². The molecule has 2 unspecified atom stereocenters. The lowest BCUT2D eigenvalue weighted by atomic mass is 9.64. The van der Waals surface area contributed by atoms with Gasteiger partial charge in [0.05, 0.1) is 6.10 Å². The van der Waals surface area contributed by atoms with Gasteiger partial charge in [-0.2, -0.15) is 0 Å². The molecule has 1 saturated carbocycles. The van der Waals surface area contributed by atoms with Gasteiger partial charge in [-0.3, -0.25) is 4.79 Å². The van der Waals surface area contributed by atoms with Crippen molar-refractivity contribution in [3.8, 4) is 0 Å². The van der Waals surface area contributed by atoms with E-state index in [-0.39, 0.29) is 23.5 Å². The van der Waals surface area contributed by atoms with Gasteiger partial charge in [0.25, 0.3) is 0 Å². The fourth-order valence-electron chi connectivity index (χ4n) is 2.24. The quantitative estimate of drug-likeness (QED) is 0.822. The molecule has 1 aromatic rings. The lowest BCUT2D eigenvalue weighted by molar-refractivity contribution is -0.128. The highest BCUT2D eigenvalue weighted by Gasteiger charge is 2.47. The molecule has 1 aliphatic carbocycles. The Morgan fingerprint density at radius 2 is 2.14 bits per heavy atom. The van der Waals surface area contributed by atoms with Gasteiger partial charge in [0, 0.05) is 28.5 Å². The maximum absolute atomic E-state index is 13.0. The maximum Gasteiger partial charge on any atom is 0.221 e. The average molecular weight is 315 g/mol. The van der Waals surface area contributed by atoms with Crippen molar-refractivity contribution >= 4 is 17.7 Å². The fourth-order valence-corrected chi connectivity index (χ4v) is 3.12. The molecule has 1 aliphatic rings. The van der Waals surface area contributed by atoms with Gasteiger partial charge in [-0.25, -0.2) is 8.78 Å². The first-order chi connectivity index (χ1) is 9.80. The molecule has 1 fully saturated rings. The number of rotatable bonds is 5. The highest BCUT2D eigenvalue weighted by molar-refractivity contribution is 7.99. The first-order valence-corrected chi connectivity index (χ1v) is 7.84. The van der Waals surface area contributed by atoms with Crippen LogP contribution < -0.4 is 5.32 Å². The maximum atomic E-state index is 13.0. The van der Waals surface area contributed by atoms with E-state index in [1.165, 1.54) is 17.8 Å². The molecule has 116 valence electrons. The molecule has 1 aromatic carbocycles. The second-order valence-electron chi connectivity index (χ2n) is 5.87. The number of benzene rings is 1. The Kier molecular flexibility index (Phi) is 4.88. The summed E-state index contributed by atoms with van der Waals surface area (Å²) in [5.74, 6) is -1.35. The summed E-state index contributed by atoms with van der Waals surface area (Å²) >= 11 is 1.31. The van der Waals surface area contributed by atoms with Gasteiger partial charge < -0.3 is 10.4 Å². The monoisotopic (exact) mass is 315 g/mol. The number of aliphatic hydroxyl groups excluding tert-OH is 1. The standard InChI is InChI=1S/C15H19F2NO2S/c1-15(2)12(8-13(15)19)18-14(20)5-6-21-9-3-4-10(16)11(17)7-9/h3-4,7,12-13,19H,5-6,8H2,1-2H3,(H,18,20). The minimum absolute atomic E-state index is 0.00624. The summed E-state index contributed by atoms with van der Waals surface area (Å²) in [6.45, 7) is 3.84. The van der Waals surface area contributed by atoms with Gasteiger partial charge in [-0.15, -0.1) is 11.8 Å². The fraction of sp³-hybridized carbons (Fsp3) is 0.533. The second kappa shape index (κ2) is 6.32. The molecule has 0 bridgehead atoms. The number of carbonyl (C=O) groups excluding carboxylic acids is 1. The smallest absolute Gasteiger partial charge is 0.221 e. The van der Waals surface area contributed by atoms with Crippen LogP contribution in [0.25, 0.3) is 0 Å². The Hall–Kier alpha value is -1.14. The molecule has 0 spiro atoms. The van der Waals surface area contributed by atoms with Crippen molar-refractivity contribution in [3.05, 3.63) is 29.8 Å². The highest BCUT2D eigenvalue weighted by atomic mass is 32.2. The van der Waals surface area contributed by atoms with Crippen LogP contribution >= 0.6 is 11.8 Å². The summed E-state index contributed by atoms with van der Waals surface area (Å²) in [6.07, 6.45) is 0.501. The first-order valence-electron chi connectivity index (χ1n) is 6.86. The largest absolute Gasteiger partial charge is 0.392 e. The number of nitrogens with one attached hydrogen (secondary N) is 1. The van der Waals surface area contributed by atoms with Crippen LogP contribution in [0.2, 0.25) is 0 Å². The van der Waals surface area contributed by atoms with Gasteiger partial charge >= 0.3 is 0 Å². The van der Waals surface area contributed by atoms with Gasteiger partial charge in [0.2, 0.25) is 5.91 Å². The van der Waals surface area contributed by atoms with E-state index in [0.717, 1.165) is 12.1 Å². The molecule has 1 amide bonds.